The van der Waals surface area contributed by atoms with Crippen LogP contribution in [0.3, 0.4) is 0 Å². The molecule has 0 aliphatic carbocycles. The first-order valence-electron chi connectivity index (χ1n) is 5.46. The second-order valence-electron chi connectivity index (χ2n) is 3.66. The first-order valence-corrected chi connectivity index (χ1v) is 6.89. The quantitative estimate of drug-likeness (QED) is 0.803. The highest BCUT2D eigenvalue weighted by molar-refractivity contribution is 7.98. The summed E-state index contributed by atoms with van der Waals surface area (Å²) in [6.45, 7) is 0.458. The Morgan fingerprint density at radius 3 is 2.84 bits per heavy atom. The molecule has 0 spiro atoms. The van der Waals surface area contributed by atoms with Crippen molar-refractivity contribution < 1.29 is 13.2 Å². The average Bonchev–Trinajstić information content (AvgIpc) is 2.82. The summed E-state index contributed by atoms with van der Waals surface area (Å²) >= 11 is 6.29. The standard InChI is InChI=1S/C12H11ClF2N2OS/c13-11-5-8(3-4-16-11)17-6-9-1-2-10(18-9)7-19-12(14)15/h1-5,12H,6-7H2,(H,16,17). The van der Waals surface area contributed by atoms with Gasteiger partial charge >= 0.3 is 0 Å². The SMILES string of the molecule is FC(F)SCc1ccc(CNc2ccnc(Cl)c2)o1. The van der Waals surface area contributed by atoms with Gasteiger partial charge in [-0.1, -0.05) is 23.4 Å². The zero-order valence-electron chi connectivity index (χ0n) is 9.78. The molecule has 0 atom stereocenters. The number of nitrogens with zero attached hydrogens (tertiary/aromatic N) is 1. The molecule has 0 saturated heterocycles. The zero-order chi connectivity index (χ0) is 13.7. The number of aromatic nitrogens is 1. The molecule has 2 aromatic heterocycles. The van der Waals surface area contributed by atoms with Gasteiger partial charge in [0.2, 0.25) is 0 Å². The van der Waals surface area contributed by atoms with Crippen LogP contribution in [0.1, 0.15) is 11.5 Å². The highest BCUT2D eigenvalue weighted by Crippen LogP contribution is 2.21. The van der Waals surface area contributed by atoms with E-state index in [1.807, 2.05) is 0 Å². The van der Waals surface area contributed by atoms with Crippen LogP contribution in [0.15, 0.2) is 34.9 Å². The normalized spacial score (nSPS) is 10.9. The van der Waals surface area contributed by atoms with Gasteiger partial charge in [-0.2, -0.15) is 8.78 Å². The molecule has 19 heavy (non-hydrogen) atoms. The molecule has 1 N–H and O–H groups in total. The van der Waals surface area contributed by atoms with Gasteiger partial charge in [0.25, 0.3) is 5.76 Å². The lowest BCUT2D eigenvalue weighted by Gasteiger charge is -2.04. The van der Waals surface area contributed by atoms with Crippen LogP contribution < -0.4 is 5.32 Å². The molecule has 102 valence electrons. The van der Waals surface area contributed by atoms with E-state index in [2.05, 4.69) is 10.3 Å². The van der Waals surface area contributed by atoms with Crippen LogP contribution in [0.2, 0.25) is 5.15 Å². The maximum absolute atomic E-state index is 12.0. The molecule has 0 aromatic carbocycles. The van der Waals surface area contributed by atoms with Crippen molar-refractivity contribution in [1.29, 1.82) is 0 Å². The van der Waals surface area contributed by atoms with Crippen molar-refractivity contribution in [2.24, 2.45) is 0 Å². The summed E-state index contributed by atoms with van der Waals surface area (Å²) < 4.78 is 29.5. The van der Waals surface area contributed by atoms with Crippen molar-refractivity contribution in [2.75, 3.05) is 5.32 Å². The summed E-state index contributed by atoms with van der Waals surface area (Å²) in [6, 6.07) is 6.93. The largest absolute Gasteiger partial charge is 0.463 e. The average molecular weight is 305 g/mol. The van der Waals surface area contributed by atoms with Crippen LogP contribution in [-0.4, -0.2) is 10.7 Å². The van der Waals surface area contributed by atoms with Gasteiger partial charge in [0.05, 0.1) is 12.3 Å². The Morgan fingerprint density at radius 2 is 2.11 bits per heavy atom. The Kier molecular flexibility index (Phi) is 5.04. The Morgan fingerprint density at radius 1 is 1.32 bits per heavy atom. The van der Waals surface area contributed by atoms with Crippen LogP contribution >= 0.6 is 23.4 Å². The van der Waals surface area contributed by atoms with Crippen LogP contribution in [0.4, 0.5) is 14.5 Å². The van der Waals surface area contributed by atoms with Gasteiger partial charge in [0.15, 0.2) is 0 Å². The summed E-state index contributed by atoms with van der Waals surface area (Å²) in [5.74, 6) is -1.00. The number of furan rings is 1. The van der Waals surface area contributed by atoms with E-state index in [-0.39, 0.29) is 5.75 Å². The zero-order valence-corrected chi connectivity index (χ0v) is 11.3. The third-order valence-corrected chi connectivity index (χ3v) is 3.17. The summed E-state index contributed by atoms with van der Waals surface area (Å²) in [7, 11) is 0. The molecular formula is C12H11ClF2N2OS. The van der Waals surface area contributed by atoms with E-state index >= 15 is 0 Å². The molecule has 2 rings (SSSR count). The van der Waals surface area contributed by atoms with Gasteiger partial charge in [-0.15, -0.1) is 0 Å². The summed E-state index contributed by atoms with van der Waals surface area (Å²) in [6.07, 6.45) is 1.59. The number of anilines is 1. The van der Waals surface area contributed by atoms with Crippen LogP contribution in [0, 0.1) is 0 Å². The minimum atomic E-state index is -2.38. The maximum atomic E-state index is 12.0. The highest BCUT2D eigenvalue weighted by Gasteiger charge is 2.07. The highest BCUT2D eigenvalue weighted by atomic mass is 35.5. The van der Waals surface area contributed by atoms with Crippen LogP contribution in [0.5, 0.6) is 0 Å². The Balaban J connectivity index is 1.86. The molecule has 0 radical (unpaired) electrons. The van der Waals surface area contributed by atoms with Crippen LogP contribution in [-0.2, 0) is 12.3 Å². The fourth-order valence-electron chi connectivity index (χ4n) is 1.44. The Hall–Kier alpha value is -1.27. The van der Waals surface area contributed by atoms with Crippen molar-refractivity contribution in [3.63, 3.8) is 0 Å². The van der Waals surface area contributed by atoms with Crippen molar-refractivity contribution in [3.8, 4) is 0 Å². The van der Waals surface area contributed by atoms with E-state index in [1.54, 1.807) is 30.5 Å². The van der Waals surface area contributed by atoms with Gasteiger partial charge in [-0.3, -0.25) is 0 Å². The van der Waals surface area contributed by atoms with Gasteiger partial charge in [0.1, 0.15) is 16.7 Å². The van der Waals surface area contributed by atoms with E-state index in [1.165, 1.54) is 0 Å². The molecule has 0 bridgehead atoms. The fourth-order valence-corrected chi connectivity index (χ4v) is 2.06. The molecule has 3 nitrogen and oxygen atoms in total. The number of pyridine rings is 1. The number of nitrogens with one attached hydrogen (secondary N) is 1. The molecule has 2 heterocycles. The third kappa shape index (κ3) is 4.72. The number of rotatable bonds is 6. The van der Waals surface area contributed by atoms with Crippen LogP contribution in [0.25, 0.3) is 0 Å². The molecule has 0 amide bonds. The lowest BCUT2D eigenvalue weighted by molar-refractivity contribution is 0.251. The van der Waals surface area contributed by atoms with E-state index < -0.39 is 5.76 Å². The molecular weight excluding hydrogens is 294 g/mol. The van der Waals surface area contributed by atoms with Gasteiger partial charge in [0, 0.05) is 11.9 Å². The Labute approximate surface area is 118 Å². The van der Waals surface area contributed by atoms with Gasteiger partial charge in [-0.25, -0.2) is 4.98 Å². The monoisotopic (exact) mass is 304 g/mol. The summed E-state index contributed by atoms with van der Waals surface area (Å²) in [5, 5.41) is 3.51. The number of thioether (sulfide) groups is 1. The fraction of sp³-hybridized carbons (Fsp3) is 0.250. The predicted molar refractivity (Wildman–Crippen MR) is 72.6 cm³/mol. The van der Waals surface area contributed by atoms with E-state index in [0.29, 0.717) is 35.0 Å². The summed E-state index contributed by atoms with van der Waals surface area (Å²) in [5.41, 5.74) is 0.819. The topological polar surface area (TPSA) is 38.1 Å². The van der Waals surface area contributed by atoms with Gasteiger partial charge < -0.3 is 9.73 Å². The van der Waals surface area contributed by atoms with E-state index in [9.17, 15) is 8.78 Å². The van der Waals surface area contributed by atoms with Crippen molar-refractivity contribution in [1.82, 2.24) is 4.98 Å². The molecule has 0 aliphatic heterocycles. The molecule has 0 fully saturated rings. The molecule has 7 heteroatoms. The first-order chi connectivity index (χ1) is 9.13. The number of hydrogen-bond donors (Lipinski definition) is 1. The molecule has 2 aromatic rings. The first kappa shape index (κ1) is 14.1. The number of alkyl halides is 2. The number of halogens is 3. The lowest BCUT2D eigenvalue weighted by atomic mass is 10.4. The van der Waals surface area contributed by atoms with Crippen molar-refractivity contribution in [3.05, 3.63) is 47.1 Å². The molecule has 0 unspecified atom stereocenters. The summed E-state index contributed by atoms with van der Waals surface area (Å²) in [4.78, 5) is 3.87. The second-order valence-corrected chi connectivity index (χ2v) is 5.03. The van der Waals surface area contributed by atoms with E-state index in [4.69, 9.17) is 16.0 Å². The minimum Gasteiger partial charge on any atom is -0.463 e. The maximum Gasteiger partial charge on any atom is 0.284 e. The smallest absolute Gasteiger partial charge is 0.284 e. The van der Waals surface area contributed by atoms with Crippen molar-refractivity contribution >= 4 is 29.1 Å². The Bertz CT molecular complexity index is 536. The third-order valence-electron chi connectivity index (χ3n) is 2.26. The molecule has 0 saturated carbocycles. The number of hydrogen-bond acceptors (Lipinski definition) is 4. The minimum absolute atomic E-state index is 0.165. The lowest BCUT2D eigenvalue weighted by Crippen LogP contribution is -1.98. The second kappa shape index (κ2) is 6.77. The molecule has 0 aliphatic rings. The van der Waals surface area contributed by atoms with E-state index in [0.717, 1.165) is 5.69 Å². The van der Waals surface area contributed by atoms with Crippen molar-refractivity contribution in [2.45, 2.75) is 18.1 Å². The van der Waals surface area contributed by atoms with Gasteiger partial charge in [-0.05, 0) is 24.3 Å². The predicted octanol–water partition coefficient (Wildman–Crippen LogP) is 4.40.